The normalized spacial score (nSPS) is 21.3. The molecule has 0 unspecified atom stereocenters. The van der Waals surface area contributed by atoms with Crippen molar-refractivity contribution in [3.63, 3.8) is 0 Å². The number of methoxy groups -OCH3 is 1. The minimum Gasteiger partial charge on any atom is -0.493 e. The highest BCUT2D eigenvalue weighted by Gasteiger charge is 2.31. The summed E-state index contributed by atoms with van der Waals surface area (Å²) in [5.41, 5.74) is 5.36. The highest BCUT2D eigenvalue weighted by atomic mass is 16.5. The number of hydrogen-bond acceptors (Lipinski definition) is 6. The molecular formula is C29H37N5O4. The molecule has 2 aromatic heterocycles. The molecule has 1 aromatic carbocycles. The van der Waals surface area contributed by atoms with Crippen molar-refractivity contribution in [1.29, 1.82) is 0 Å². The number of benzene rings is 1. The van der Waals surface area contributed by atoms with E-state index in [1.54, 1.807) is 0 Å². The van der Waals surface area contributed by atoms with Crippen LogP contribution in [0.15, 0.2) is 24.5 Å². The lowest BCUT2D eigenvalue weighted by atomic mass is 9.82. The molecule has 9 nitrogen and oxygen atoms in total. The van der Waals surface area contributed by atoms with Crippen molar-refractivity contribution in [1.82, 2.24) is 25.6 Å². The largest absolute Gasteiger partial charge is 0.493 e. The summed E-state index contributed by atoms with van der Waals surface area (Å²) < 4.78 is 11.1. The van der Waals surface area contributed by atoms with Gasteiger partial charge in [0.2, 0.25) is 5.91 Å². The van der Waals surface area contributed by atoms with Gasteiger partial charge >= 0.3 is 0 Å². The lowest BCUT2D eigenvalue weighted by Crippen LogP contribution is -2.48. The van der Waals surface area contributed by atoms with E-state index in [1.165, 1.54) is 26.3 Å². The molecule has 38 heavy (non-hydrogen) atoms. The summed E-state index contributed by atoms with van der Waals surface area (Å²) in [5.74, 6) is 1.42. The third kappa shape index (κ3) is 5.67. The minimum atomic E-state index is -0.146. The van der Waals surface area contributed by atoms with Crippen molar-refractivity contribution in [3.05, 3.63) is 41.3 Å². The van der Waals surface area contributed by atoms with Crippen LogP contribution >= 0.6 is 0 Å². The summed E-state index contributed by atoms with van der Waals surface area (Å²) in [7, 11) is 1.51. The van der Waals surface area contributed by atoms with E-state index in [-0.39, 0.29) is 36.4 Å². The van der Waals surface area contributed by atoms with Crippen molar-refractivity contribution in [2.75, 3.05) is 20.3 Å². The van der Waals surface area contributed by atoms with E-state index in [1.807, 2.05) is 26.0 Å². The number of aromatic nitrogens is 3. The van der Waals surface area contributed by atoms with Gasteiger partial charge in [0.1, 0.15) is 29.9 Å². The van der Waals surface area contributed by atoms with Gasteiger partial charge in [-0.2, -0.15) is 0 Å². The van der Waals surface area contributed by atoms with Crippen molar-refractivity contribution >= 4 is 22.8 Å². The zero-order chi connectivity index (χ0) is 26.8. The highest BCUT2D eigenvalue weighted by molar-refractivity contribution is 6.09. The fraction of sp³-hybridized carbons (Fsp3) is 0.517. The summed E-state index contributed by atoms with van der Waals surface area (Å²) in [6.45, 7) is 6.82. The lowest BCUT2D eigenvalue weighted by Gasteiger charge is -2.35. The molecule has 0 aliphatic heterocycles. The summed E-state index contributed by atoms with van der Waals surface area (Å²) in [6.07, 6.45) is 6.34. The van der Waals surface area contributed by atoms with E-state index in [0.29, 0.717) is 23.6 Å². The maximum atomic E-state index is 13.5. The fourth-order valence-electron chi connectivity index (χ4n) is 5.43. The topological polar surface area (TPSA) is 118 Å². The number of carbonyl (C=O) groups excluding carboxylic acids is 2. The van der Waals surface area contributed by atoms with Gasteiger partial charge in [0.25, 0.3) is 5.91 Å². The maximum absolute atomic E-state index is 13.5. The zero-order valence-corrected chi connectivity index (χ0v) is 22.6. The molecule has 2 fully saturated rings. The van der Waals surface area contributed by atoms with Crippen molar-refractivity contribution < 1.29 is 19.1 Å². The molecule has 2 aliphatic carbocycles. The second-order valence-corrected chi connectivity index (χ2v) is 10.9. The maximum Gasteiger partial charge on any atom is 0.255 e. The molecule has 0 spiro atoms. The van der Waals surface area contributed by atoms with Gasteiger partial charge < -0.3 is 25.1 Å². The predicted molar refractivity (Wildman–Crippen MR) is 145 cm³/mol. The number of fused-ring (bicyclic) bond motifs is 1. The number of rotatable bonds is 9. The van der Waals surface area contributed by atoms with E-state index >= 15 is 0 Å². The molecular weight excluding hydrogens is 482 g/mol. The minimum absolute atomic E-state index is 0.0259. The molecule has 0 radical (unpaired) electrons. The van der Waals surface area contributed by atoms with E-state index in [4.69, 9.17) is 9.47 Å². The third-order valence-electron chi connectivity index (χ3n) is 7.69. The van der Waals surface area contributed by atoms with E-state index < -0.39 is 0 Å². The molecule has 5 rings (SSSR count). The second kappa shape index (κ2) is 11.1. The van der Waals surface area contributed by atoms with Crippen LogP contribution < -0.4 is 15.4 Å². The Balaban J connectivity index is 1.35. The van der Waals surface area contributed by atoms with Crippen LogP contribution in [0.1, 0.15) is 60.6 Å². The van der Waals surface area contributed by atoms with E-state index in [0.717, 1.165) is 53.0 Å². The Morgan fingerprint density at radius 3 is 2.66 bits per heavy atom. The van der Waals surface area contributed by atoms with Gasteiger partial charge in [-0.25, -0.2) is 9.97 Å². The number of aryl methyl sites for hydroxylation is 2. The fourth-order valence-corrected chi connectivity index (χ4v) is 5.43. The number of aromatic amines is 1. The molecule has 9 heteroatoms. The number of ether oxygens (including phenoxy) is 2. The first kappa shape index (κ1) is 26.2. The van der Waals surface area contributed by atoms with Gasteiger partial charge in [-0.1, -0.05) is 18.6 Å². The number of H-pyrrole nitrogens is 1. The average Bonchev–Trinajstić information content (AvgIpc) is 3.64. The van der Waals surface area contributed by atoms with Crippen LogP contribution in [0.3, 0.4) is 0 Å². The number of nitrogens with zero attached hydrogens (tertiary/aromatic N) is 2. The Hall–Kier alpha value is -3.46. The Kier molecular flexibility index (Phi) is 7.65. The first-order chi connectivity index (χ1) is 18.3. The molecule has 3 N–H and O–H groups in total. The SMILES string of the molecule is COCC(=O)N[C@H]1CC[C@@H](NC(=O)c2c(C)[nH]c3c(-c4cc(C)ccc4OCC4CC4)ncnc23)C[C@H]1C. The number of carbonyl (C=O) groups is 2. The summed E-state index contributed by atoms with van der Waals surface area (Å²) in [4.78, 5) is 38.0. The van der Waals surface area contributed by atoms with Gasteiger partial charge in [-0.05, 0) is 69.9 Å². The molecule has 0 bridgehead atoms. The van der Waals surface area contributed by atoms with Crippen LogP contribution in [0.5, 0.6) is 5.75 Å². The highest BCUT2D eigenvalue weighted by Crippen LogP contribution is 2.37. The number of amides is 2. The van der Waals surface area contributed by atoms with Crippen LogP contribution in [0.25, 0.3) is 22.3 Å². The van der Waals surface area contributed by atoms with Gasteiger partial charge in [0.05, 0.1) is 17.7 Å². The summed E-state index contributed by atoms with van der Waals surface area (Å²) >= 11 is 0. The van der Waals surface area contributed by atoms with Gasteiger partial charge in [-0.15, -0.1) is 0 Å². The first-order valence-electron chi connectivity index (χ1n) is 13.5. The van der Waals surface area contributed by atoms with Gasteiger partial charge in [-0.3, -0.25) is 9.59 Å². The summed E-state index contributed by atoms with van der Waals surface area (Å²) in [6, 6.07) is 6.23. The van der Waals surface area contributed by atoms with Crippen molar-refractivity contribution in [3.8, 4) is 17.0 Å². The van der Waals surface area contributed by atoms with Crippen LogP contribution in [-0.2, 0) is 9.53 Å². The molecule has 202 valence electrons. The molecule has 3 atom stereocenters. The molecule has 2 amide bonds. The van der Waals surface area contributed by atoms with Gasteiger partial charge in [0, 0.05) is 30.5 Å². The predicted octanol–water partition coefficient (Wildman–Crippen LogP) is 4.08. The quantitative estimate of drug-likeness (QED) is 0.392. The molecule has 3 aromatic rings. The van der Waals surface area contributed by atoms with Crippen LogP contribution in [-0.4, -0.2) is 59.2 Å². The Labute approximate surface area is 223 Å². The molecule has 2 saturated carbocycles. The molecule has 2 aliphatic rings. The molecule has 0 saturated heterocycles. The monoisotopic (exact) mass is 519 g/mol. The number of nitrogens with one attached hydrogen (secondary N) is 3. The smallest absolute Gasteiger partial charge is 0.255 e. The lowest BCUT2D eigenvalue weighted by molar-refractivity contribution is -0.126. The zero-order valence-electron chi connectivity index (χ0n) is 22.6. The number of hydrogen-bond donors (Lipinski definition) is 3. The van der Waals surface area contributed by atoms with Crippen molar-refractivity contribution in [2.45, 2.75) is 65.0 Å². The Morgan fingerprint density at radius 1 is 1.11 bits per heavy atom. The second-order valence-electron chi connectivity index (χ2n) is 10.9. The average molecular weight is 520 g/mol. The van der Waals surface area contributed by atoms with Crippen molar-refractivity contribution in [2.24, 2.45) is 11.8 Å². The van der Waals surface area contributed by atoms with Crippen LogP contribution in [0.4, 0.5) is 0 Å². The summed E-state index contributed by atoms with van der Waals surface area (Å²) in [5, 5.41) is 6.27. The van der Waals surface area contributed by atoms with Crippen LogP contribution in [0, 0.1) is 25.7 Å². The van der Waals surface area contributed by atoms with E-state index in [9.17, 15) is 9.59 Å². The Bertz CT molecular complexity index is 1330. The van der Waals surface area contributed by atoms with Gasteiger partial charge in [0.15, 0.2) is 0 Å². The van der Waals surface area contributed by atoms with Crippen LogP contribution in [0.2, 0.25) is 0 Å². The Morgan fingerprint density at radius 2 is 1.92 bits per heavy atom. The van der Waals surface area contributed by atoms with E-state index in [2.05, 4.69) is 38.6 Å². The standard InChI is InChI=1S/C29H37N5O4/c1-16-5-10-23(38-13-19-6-7-19)21(11-16)26-28-27(31-15-30-26)25(18(3)32-28)29(36)33-20-8-9-22(17(2)12-20)34-24(35)14-37-4/h5,10-11,15,17,19-20,22,32H,6-9,12-14H2,1-4H3,(H,33,36)(H,34,35)/t17-,20-,22+/m1/s1. The first-order valence-corrected chi connectivity index (χ1v) is 13.5. The third-order valence-corrected chi connectivity index (χ3v) is 7.69. The molecule has 2 heterocycles.